The third-order valence-corrected chi connectivity index (χ3v) is 5.19. The van der Waals surface area contributed by atoms with Crippen LogP contribution >= 0.6 is 23.4 Å². The molecule has 0 radical (unpaired) electrons. The molecule has 100 valence electrons. The van der Waals surface area contributed by atoms with Gasteiger partial charge < -0.3 is 5.32 Å². The van der Waals surface area contributed by atoms with Crippen molar-refractivity contribution in [3.05, 3.63) is 34.9 Å². The number of benzene rings is 1. The summed E-state index contributed by atoms with van der Waals surface area (Å²) in [5.74, 6) is 1.32. The Balaban J connectivity index is 1.84. The molecule has 1 saturated heterocycles. The van der Waals surface area contributed by atoms with Crippen LogP contribution < -0.4 is 5.32 Å². The van der Waals surface area contributed by atoms with Gasteiger partial charge in [0.25, 0.3) is 0 Å². The molecule has 0 aliphatic carbocycles. The standard InChI is InChI=1S/C15H22ClNS/c1-11(10-13-5-7-14(16)8-6-13)17-15-4-3-9-18-12(15)2/h5-8,11-12,15,17H,3-4,9-10H2,1-2H3. The molecule has 3 unspecified atom stereocenters. The Morgan fingerprint density at radius 3 is 2.78 bits per heavy atom. The van der Waals surface area contributed by atoms with E-state index < -0.39 is 0 Å². The number of thioether (sulfide) groups is 1. The van der Waals surface area contributed by atoms with E-state index in [0.717, 1.165) is 16.7 Å². The van der Waals surface area contributed by atoms with Crippen LogP contribution in [0.1, 0.15) is 32.3 Å². The second-order valence-electron chi connectivity index (χ2n) is 5.22. The third kappa shape index (κ3) is 4.18. The van der Waals surface area contributed by atoms with Gasteiger partial charge in [-0.1, -0.05) is 30.7 Å². The summed E-state index contributed by atoms with van der Waals surface area (Å²) in [6.45, 7) is 4.62. The molecule has 0 aromatic heterocycles. The highest BCUT2D eigenvalue weighted by atomic mass is 35.5. The lowest BCUT2D eigenvalue weighted by Crippen LogP contribution is -2.44. The van der Waals surface area contributed by atoms with Crippen LogP contribution in [-0.2, 0) is 6.42 Å². The summed E-state index contributed by atoms with van der Waals surface area (Å²) < 4.78 is 0. The molecule has 0 bridgehead atoms. The van der Waals surface area contributed by atoms with Crippen molar-refractivity contribution < 1.29 is 0 Å². The molecule has 1 fully saturated rings. The fourth-order valence-electron chi connectivity index (χ4n) is 2.54. The van der Waals surface area contributed by atoms with Crippen molar-refractivity contribution in [2.45, 2.75) is 50.4 Å². The molecular weight excluding hydrogens is 262 g/mol. The summed E-state index contributed by atoms with van der Waals surface area (Å²) in [6.07, 6.45) is 3.74. The van der Waals surface area contributed by atoms with E-state index in [0.29, 0.717) is 12.1 Å². The Hall–Kier alpha value is -0.180. The fourth-order valence-corrected chi connectivity index (χ4v) is 3.82. The van der Waals surface area contributed by atoms with Crippen LogP contribution in [0, 0.1) is 0 Å². The van der Waals surface area contributed by atoms with E-state index in [1.165, 1.54) is 24.2 Å². The minimum absolute atomic E-state index is 0.525. The predicted molar refractivity (Wildman–Crippen MR) is 82.7 cm³/mol. The Morgan fingerprint density at radius 1 is 1.39 bits per heavy atom. The molecule has 3 atom stereocenters. The van der Waals surface area contributed by atoms with Crippen LogP contribution in [0.3, 0.4) is 0 Å². The van der Waals surface area contributed by atoms with Crippen molar-refractivity contribution in [3.63, 3.8) is 0 Å². The van der Waals surface area contributed by atoms with Gasteiger partial charge in [0.15, 0.2) is 0 Å². The second-order valence-corrected chi connectivity index (χ2v) is 7.14. The van der Waals surface area contributed by atoms with E-state index in [1.54, 1.807) is 0 Å². The molecule has 1 N–H and O–H groups in total. The van der Waals surface area contributed by atoms with Gasteiger partial charge in [-0.15, -0.1) is 0 Å². The van der Waals surface area contributed by atoms with Crippen molar-refractivity contribution >= 4 is 23.4 Å². The minimum atomic E-state index is 0.525. The summed E-state index contributed by atoms with van der Waals surface area (Å²) in [4.78, 5) is 0. The first-order valence-corrected chi connectivity index (χ1v) is 8.20. The molecule has 1 nitrogen and oxygen atoms in total. The largest absolute Gasteiger partial charge is 0.310 e. The Labute approximate surface area is 120 Å². The Kier molecular flexibility index (Phi) is 5.40. The molecule has 1 aromatic carbocycles. The Morgan fingerprint density at radius 2 is 2.11 bits per heavy atom. The number of rotatable bonds is 4. The summed E-state index contributed by atoms with van der Waals surface area (Å²) in [5, 5.41) is 5.34. The SMILES string of the molecule is CC(Cc1ccc(Cl)cc1)NC1CCCSC1C. The second kappa shape index (κ2) is 6.83. The fraction of sp³-hybridized carbons (Fsp3) is 0.600. The molecular formula is C15H22ClNS. The van der Waals surface area contributed by atoms with Crippen LogP contribution in [0.15, 0.2) is 24.3 Å². The van der Waals surface area contributed by atoms with Crippen molar-refractivity contribution in [3.8, 4) is 0 Å². The lowest BCUT2D eigenvalue weighted by atomic mass is 10.0. The monoisotopic (exact) mass is 283 g/mol. The first kappa shape index (κ1) is 14.2. The molecule has 1 aliphatic rings. The van der Waals surface area contributed by atoms with E-state index in [1.807, 2.05) is 12.1 Å². The van der Waals surface area contributed by atoms with Gasteiger partial charge in [-0.3, -0.25) is 0 Å². The highest BCUT2D eigenvalue weighted by molar-refractivity contribution is 7.99. The topological polar surface area (TPSA) is 12.0 Å². The predicted octanol–water partition coefficient (Wildman–Crippen LogP) is 4.14. The summed E-state index contributed by atoms with van der Waals surface area (Å²) in [6, 6.07) is 9.40. The zero-order valence-electron chi connectivity index (χ0n) is 11.2. The molecule has 2 rings (SSSR count). The third-order valence-electron chi connectivity index (χ3n) is 3.56. The van der Waals surface area contributed by atoms with E-state index >= 15 is 0 Å². The number of nitrogens with one attached hydrogen (secondary N) is 1. The normalized spacial score (nSPS) is 25.9. The van der Waals surface area contributed by atoms with Gasteiger partial charge in [-0.25, -0.2) is 0 Å². The van der Waals surface area contributed by atoms with Crippen molar-refractivity contribution in [2.75, 3.05) is 5.75 Å². The van der Waals surface area contributed by atoms with Crippen LogP contribution in [0.2, 0.25) is 5.02 Å². The summed E-state index contributed by atoms with van der Waals surface area (Å²) in [5.41, 5.74) is 1.36. The zero-order chi connectivity index (χ0) is 13.0. The maximum absolute atomic E-state index is 5.90. The quantitative estimate of drug-likeness (QED) is 0.891. The lowest BCUT2D eigenvalue weighted by Gasteiger charge is -2.32. The molecule has 1 aliphatic heterocycles. The first-order valence-electron chi connectivity index (χ1n) is 6.77. The first-order chi connectivity index (χ1) is 8.65. The van der Waals surface area contributed by atoms with Crippen molar-refractivity contribution in [2.24, 2.45) is 0 Å². The molecule has 0 spiro atoms. The highest BCUT2D eigenvalue weighted by Gasteiger charge is 2.22. The van der Waals surface area contributed by atoms with E-state index in [4.69, 9.17) is 11.6 Å². The van der Waals surface area contributed by atoms with Crippen molar-refractivity contribution in [1.29, 1.82) is 0 Å². The molecule has 1 aromatic rings. The van der Waals surface area contributed by atoms with Gasteiger partial charge in [0.2, 0.25) is 0 Å². The van der Waals surface area contributed by atoms with Gasteiger partial charge in [0, 0.05) is 22.4 Å². The van der Waals surface area contributed by atoms with Gasteiger partial charge >= 0.3 is 0 Å². The van der Waals surface area contributed by atoms with E-state index in [9.17, 15) is 0 Å². The summed E-state index contributed by atoms with van der Waals surface area (Å²) in [7, 11) is 0. The van der Waals surface area contributed by atoms with Crippen LogP contribution in [0.4, 0.5) is 0 Å². The van der Waals surface area contributed by atoms with Crippen LogP contribution in [0.5, 0.6) is 0 Å². The van der Waals surface area contributed by atoms with Gasteiger partial charge in [-0.2, -0.15) is 11.8 Å². The van der Waals surface area contributed by atoms with E-state index in [2.05, 4.69) is 43.1 Å². The average Bonchev–Trinajstić information content (AvgIpc) is 2.35. The molecule has 1 heterocycles. The Bertz CT molecular complexity index is 365. The van der Waals surface area contributed by atoms with Crippen LogP contribution in [0.25, 0.3) is 0 Å². The van der Waals surface area contributed by atoms with Gasteiger partial charge in [0.1, 0.15) is 0 Å². The van der Waals surface area contributed by atoms with Crippen LogP contribution in [-0.4, -0.2) is 23.1 Å². The maximum Gasteiger partial charge on any atom is 0.0406 e. The zero-order valence-corrected chi connectivity index (χ0v) is 12.7. The van der Waals surface area contributed by atoms with Gasteiger partial charge in [0.05, 0.1) is 0 Å². The van der Waals surface area contributed by atoms with Crippen molar-refractivity contribution in [1.82, 2.24) is 5.32 Å². The highest BCUT2D eigenvalue weighted by Crippen LogP contribution is 2.25. The van der Waals surface area contributed by atoms with Gasteiger partial charge in [-0.05, 0) is 49.6 Å². The minimum Gasteiger partial charge on any atom is -0.310 e. The number of hydrogen-bond acceptors (Lipinski definition) is 2. The molecule has 3 heteroatoms. The average molecular weight is 284 g/mol. The molecule has 0 amide bonds. The molecule has 18 heavy (non-hydrogen) atoms. The number of hydrogen-bond donors (Lipinski definition) is 1. The maximum atomic E-state index is 5.90. The smallest absolute Gasteiger partial charge is 0.0406 e. The lowest BCUT2D eigenvalue weighted by molar-refractivity contribution is 0.408. The molecule has 0 saturated carbocycles. The van der Waals surface area contributed by atoms with E-state index in [-0.39, 0.29) is 0 Å². The summed E-state index contributed by atoms with van der Waals surface area (Å²) >= 11 is 8.00. The number of halogens is 1.